The Morgan fingerprint density at radius 1 is 1.40 bits per heavy atom. The van der Waals surface area contributed by atoms with E-state index in [4.69, 9.17) is 16.3 Å². The molecule has 0 unspecified atom stereocenters. The highest BCUT2D eigenvalue weighted by molar-refractivity contribution is 6.30. The van der Waals surface area contributed by atoms with Crippen LogP contribution in [0, 0.1) is 0 Å². The molecule has 0 aliphatic heterocycles. The molecule has 5 nitrogen and oxygen atoms in total. The molecule has 0 bridgehead atoms. The minimum atomic E-state index is 0.136. The zero-order chi connectivity index (χ0) is 7.40. The first kappa shape index (κ1) is 7.14. The summed E-state index contributed by atoms with van der Waals surface area (Å²) in [4.78, 5) is 0. The van der Waals surface area contributed by atoms with Crippen molar-refractivity contribution in [3.05, 3.63) is 5.15 Å². The molecule has 10 heavy (non-hydrogen) atoms. The summed E-state index contributed by atoms with van der Waals surface area (Å²) < 4.78 is 4.93. The van der Waals surface area contributed by atoms with Crippen molar-refractivity contribution in [3.63, 3.8) is 0 Å². The number of halogens is 1. The molecule has 6 heteroatoms. The van der Waals surface area contributed by atoms with Crippen molar-refractivity contribution in [3.8, 4) is 5.88 Å². The molecular weight excluding hydrogens is 156 g/mol. The maximum Gasteiger partial charge on any atom is 0.275 e. The lowest BCUT2D eigenvalue weighted by molar-refractivity contribution is 0.317. The van der Waals surface area contributed by atoms with Gasteiger partial charge in [0.15, 0.2) is 0 Å². The zero-order valence-corrected chi connectivity index (χ0v) is 6.04. The fourth-order valence-electron chi connectivity index (χ4n) is 0.429. The first-order valence-electron chi connectivity index (χ1n) is 2.69. The Morgan fingerprint density at radius 2 is 2.10 bits per heavy atom. The Morgan fingerprint density at radius 3 is 2.70 bits per heavy atom. The molecule has 0 spiro atoms. The second-order valence-corrected chi connectivity index (χ2v) is 1.77. The van der Waals surface area contributed by atoms with Gasteiger partial charge in [-0.15, -0.1) is 5.10 Å². The molecule has 54 valence electrons. The lowest BCUT2D eigenvalue weighted by atomic mass is 10.8. The van der Waals surface area contributed by atoms with Crippen LogP contribution in [0.5, 0.6) is 5.88 Å². The number of ether oxygens (including phenoxy) is 1. The van der Waals surface area contributed by atoms with Crippen molar-refractivity contribution in [2.24, 2.45) is 0 Å². The van der Waals surface area contributed by atoms with Gasteiger partial charge in [-0.05, 0) is 17.4 Å². The number of hydrogen-bond donors (Lipinski definition) is 0. The lowest BCUT2D eigenvalue weighted by Gasteiger charge is -1.98. The molecule has 0 saturated carbocycles. The van der Waals surface area contributed by atoms with E-state index in [0.717, 1.165) is 0 Å². The van der Waals surface area contributed by atoms with Crippen molar-refractivity contribution in [2.45, 2.75) is 6.92 Å². The van der Waals surface area contributed by atoms with E-state index in [0.29, 0.717) is 6.61 Å². The second-order valence-electron chi connectivity index (χ2n) is 1.41. The van der Waals surface area contributed by atoms with E-state index in [1.165, 1.54) is 0 Å². The van der Waals surface area contributed by atoms with Crippen LogP contribution in [0.25, 0.3) is 0 Å². The molecular formula is C4H5ClN4O. The van der Waals surface area contributed by atoms with E-state index >= 15 is 0 Å². The van der Waals surface area contributed by atoms with Crippen LogP contribution < -0.4 is 4.74 Å². The standard InChI is InChI=1S/C4H5ClN4O/c1-2-10-4-3(5)6-8-9-7-4/h2H2,1H3. The van der Waals surface area contributed by atoms with Gasteiger partial charge in [0.2, 0.25) is 5.15 Å². The van der Waals surface area contributed by atoms with Gasteiger partial charge in [-0.2, -0.15) is 0 Å². The maximum atomic E-state index is 5.50. The Hall–Kier alpha value is -0.970. The van der Waals surface area contributed by atoms with Gasteiger partial charge in [0.25, 0.3) is 5.88 Å². The summed E-state index contributed by atoms with van der Waals surface area (Å²) in [5.74, 6) is 0.221. The molecule has 0 aliphatic rings. The molecule has 1 heterocycles. The van der Waals surface area contributed by atoms with Crippen LogP contribution in [-0.2, 0) is 0 Å². The van der Waals surface area contributed by atoms with Crippen LogP contribution in [0.15, 0.2) is 0 Å². The summed E-state index contributed by atoms with van der Waals surface area (Å²) in [7, 11) is 0. The van der Waals surface area contributed by atoms with Crippen molar-refractivity contribution >= 4 is 11.6 Å². The summed E-state index contributed by atoms with van der Waals surface area (Å²) in [5, 5.41) is 13.5. The summed E-state index contributed by atoms with van der Waals surface area (Å²) in [6, 6.07) is 0. The molecule has 0 aromatic carbocycles. The normalized spacial score (nSPS) is 9.40. The predicted molar refractivity (Wildman–Crippen MR) is 33.8 cm³/mol. The largest absolute Gasteiger partial charge is 0.475 e. The fourth-order valence-corrected chi connectivity index (χ4v) is 0.555. The maximum absolute atomic E-state index is 5.50. The smallest absolute Gasteiger partial charge is 0.275 e. The highest BCUT2D eigenvalue weighted by Crippen LogP contribution is 2.14. The number of rotatable bonds is 2. The fraction of sp³-hybridized carbons (Fsp3) is 0.500. The third kappa shape index (κ3) is 1.51. The van der Waals surface area contributed by atoms with E-state index in [-0.39, 0.29) is 11.0 Å². The predicted octanol–water partition coefficient (Wildman–Crippen LogP) is 0.319. The Bertz CT molecular complexity index is 218. The average molecular weight is 161 g/mol. The molecule has 0 amide bonds. The van der Waals surface area contributed by atoms with Crippen LogP contribution in [-0.4, -0.2) is 27.2 Å². The van der Waals surface area contributed by atoms with Crippen LogP contribution in [0.3, 0.4) is 0 Å². The van der Waals surface area contributed by atoms with E-state index in [9.17, 15) is 0 Å². The molecule has 1 rings (SSSR count). The lowest BCUT2D eigenvalue weighted by Crippen LogP contribution is -2.00. The summed E-state index contributed by atoms with van der Waals surface area (Å²) in [6.45, 7) is 2.30. The van der Waals surface area contributed by atoms with Gasteiger partial charge in [-0.3, -0.25) is 0 Å². The SMILES string of the molecule is CCOc1nnnnc1Cl. The minimum Gasteiger partial charge on any atom is -0.475 e. The van der Waals surface area contributed by atoms with Gasteiger partial charge in [-0.1, -0.05) is 16.7 Å². The third-order valence-corrected chi connectivity index (χ3v) is 1.00. The van der Waals surface area contributed by atoms with Gasteiger partial charge in [0, 0.05) is 0 Å². The summed E-state index contributed by atoms with van der Waals surface area (Å²) in [5.41, 5.74) is 0. The molecule has 0 atom stereocenters. The molecule has 0 radical (unpaired) electrons. The Labute approximate surface area is 62.4 Å². The number of hydrogen-bond acceptors (Lipinski definition) is 5. The van der Waals surface area contributed by atoms with Crippen molar-refractivity contribution in [1.82, 2.24) is 20.6 Å². The van der Waals surface area contributed by atoms with E-state index in [1.807, 2.05) is 6.92 Å². The monoisotopic (exact) mass is 160 g/mol. The third-order valence-electron chi connectivity index (χ3n) is 0.766. The molecule has 1 aromatic rings. The summed E-state index contributed by atoms with van der Waals surface area (Å²) in [6.07, 6.45) is 0. The highest BCUT2D eigenvalue weighted by atomic mass is 35.5. The summed E-state index contributed by atoms with van der Waals surface area (Å²) >= 11 is 5.50. The van der Waals surface area contributed by atoms with Crippen LogP contribution in [0.2, 0.25) is 5.15 Å². The van der Waals surface area contributed by atoms with Gasteiger partial charge in [0.05, 0.1) is 6.61 Å². The second kappa shape index (κ2) is 3.26. The van der Waals surface area contributed by atoms with Crippen molar-refractivity contribution < 1.29 is 4.74 Å². The van der Waals surface area contributed by atoms with Gasteiger partial charge >= 0.3 is 0 Å². The Kier molecular flexibility index (Phi) is 2.33. The number of aromatic nitrogens is 4. The molecule has 0 aliphatic carbocycles. The van der Waals surface area contributed by atoms with Gasteiger partial charge in [-0.25, -0.2) is 0 Å². The van der Waals surface area contributed by atoms with Crippen LogP contribution in [0.4, 0.5) is 0 Å². The Balaban J connectivity index is 2.81. The first-order valence-corrected chi connectivity index (χ1v) is 3.06. The average Bonchev–Trinajstić information content (AvgIpc) is 1.94. The quantitative estimate of drug-likeness (QED) is 0.624. The van der Waals surface area contributed by atoms with E-state index in [2.05, 4.69) is 20.6 Å². The van der Waals surface area contributed by atoms with Crippen molar-refractivity contribution in [2.75, 3.05) is 6.61 Å². The van der Waals surface area contributed by atoms with E-state index in [1.54, 1.807) is 0 Å². The van der Waals surface area contributed by atoms with Gasteiger partial charge in [0.1, 0.15) is 0 Å². The van der Waals surface area contributed by atoms with Crippen LogP contribution >= 0.6 is 11.6 Å². The van der Waals surface area contributed by atoms with Crippen LogP contribution in [0.1, 0.15) is 6.92 Å². The zero-order valence-electron chi connectivity index (χ0n) is 5.28. The first-order chi connectivity index (χ1) is 4.84. The van der Waals surface area contributed by atoms with E-state index < -0.39 is 0 Å². The van der Waals surface area contributed by atoms with Gasteiger partial charge < -0.3 is 4.74 Å². The molecule has 0 fully saturated rings. The molecule has 0 saturated heterocycles. The highest BCUT2D eigenvalue weighted by Gasteiger charge is 2.02. The van der Waals surface area contributed by atoms with Crippen molar-refractivity contribution in [1.29, 1.82) is 0 Å². The molecule has 0 N–H and O–H groups in total. The molecule has 1 aromatic heterocycles. The topological polar surface area (TPSA) is 60.8 Å². The minimum absolute atomic E-state index is 0.136. The number of nitrogens with zero attached hydrogens (tertiary/aromatic N) is 4.